The van der Waals surface area contributed by atoms with E-state index >= 15 is 0 Å². The molecule has 0 atom stereocenters. The van der Waals surface area contributed by atoms with Crippen LogP contribution in [0.5, 0.6) is 0 Å². The zero-order chi connectivity index (χ0) is 21.3. The summed E-state index contributed by atoms with van der Waals surface area (Å²) in [6.45, 7) is 0. The Hall–Kier alpha value is -4.13. The van der Waals surface area contributed by atoms with Crippen molar-refractivity contribution in [1.29, 1.82) is 0 Å². The van der Waals surface area contributed by atoms with Gasteiger partial charge in [0.15, 0.2) is 11.6 Å². The van der Waals surface area contributed by atoms with Crippen LogP contribution in [0.2, 0.25) is 0 Å². The third-order valence-corrected chi connectivity index (χ3v) is 4.52. The van der Waals surface area contributed by atoms with Crippen LogP contribution in [0.1, 0.15) is 21.7 Å². The number of aromatic nitrogens is 2. The SMILES string of the molecule is O=C(O)c1cccc(-n2c(C=Cc3ccc(F)c(F)c3)nc3ccccc3c2=O)c1. The van der Waals surface area contributed by atoms with E-state index in [4.69, 9.17) is 0 Å². The Morgan fingerprint density at radius 2 is 1.73 bits per heavy atom. The van der Waals surface area contributed by atoms with Crippen molar-refractivity contribution in [1.82, 2.24) is 9.55 Å². The van der Waals surface area contributed by atoms with E-state index < -0.39 is 17.6 Å². The van der Waals surface area contributed by atoms with Gasteiger partial charge in [-0.25, -0.2) is 18.6 Å². The molecule has 30 heavy (non-hydrogen) atoms. The Morgan fingerprint density at radius 1 is 0.933 bits per heavy atom. The van der Waals surface area contributed by atoms with Gasteiger partial charge >= 0.3 is 5.97 Å². The third kappa shape index (κ3) is 3.60. The normalized spacial score (nSPS) is 11.3. The highest BCUT2D eigenvalue weighted by molar-refractivity contribution is 5.88. The van der Waals surface area contributed by atoms with Crippen molar-refractivity contribution in [3.8, 4) is 5.69 Å². The fourth-order valence-corrected chi connectivity index (χ4v) is 3.08. The molecule has 0 aliphatic heterocycles. The summed E-state index contributed by atoms with van der Waals surface area (Å²) in [6.07, 6.45) is 2.99. The van der Waals surface area contributed by atoms with Crippen molar-refractivity contribution in [3.63, 3.8) is 0 Å². The molecule has 1 aromatic heterocycles. The number of carboxylic acids is 1. The molecule has 0 amide bonds. The summed E-state index contributed by atoms with van der Waals surface area (Å²) < 4.78 is 28.0. The minimum Gasteiger partial charge on any atom is -0.478 e. The van der Waals surface area contributed by atoms with Crippen molar-refractivity contribution in [2.24, 2.45) is 0 Å². The zero-order valence-electron chi connectivity index (χ0n) is 15.4. The van der Waals surface area contributed by atoms with Crippen LogP contribution in [0, 0.1) is 11.6 Å². The van der Waals surface area contributed by atoms with Gasteiger partial charge in [0, 0.05) is 0 Å². The van der Waals surface area contributed by atoms with Crippen molar-refractivity contribution in [3.05, 3.63) is 106 Å². The molecule has 0 saturated heterocycles. The summed E-state index contributed by atoms with van der Waals surface area (Å²) in [7, 11) is 0. The second kappa shape index (κ2) is 7.71. The van der Waals surface area contributed by atoms with Gasteiger partial charge in [0.2, 0.25) is 0 Å². The maximum atomic E-state index is 13.5. The predicted octanol–water partition coefficient (Wildman–Crippen LogP) is 4.53. The minimum absolute atomic E-state index is 0.0168. The molecule has 0 aliphatic carbocycles. The Morgan fingerprint density at radius 3 is 2.50 bits per heavy atom. The van der Waals surface area contributed by atoms with Gasteiger partial charge in [-0.2, -0.15) is 0 Å². The molecule has 1 N–H and O–H groups in total. The Kier molecular flexibility index (Phi) is 4.93. The number of hydrogen-bond donors (Lipinski definition) is 1. The highest BCUT2D eigenvalue weighted by Gasteiger charge is 2.13. The third-order valence-electron chi connectivity index (χ3n) is 4.52. The van der Waals surface area contributed by atoms with Crippen molar-refractivity contribution < 1.29 is 18.7 Å². The average Bonchev–Trinajstić information content (AvgIpc) is 2.75. The molecule has 0 bridgehead atoms. The lowest BCUT2D eigenvalue weighted by atomic mass is 10.1. The number of nitrogens with zero attached hydrogens (tertiary/aromatic N) is 2. The van der Waals surface area contributed by atoms with E-state index in [9.17, 15) is 23.5 Å². The first kappa shape index (κ1) is 19.2. The molecule has 4 rings (SSSR count). The van der Waals surface area contributed by atoms with Gasteiger partial charge in [0.05, 0.1) is 22.2 Å². The summed E-state index contributed by atoms with van der Waals surface area (Å²) >= 11 is 0. The molecule has 0 aliphatic rings. The fraction of sp³-hybridized carbons (Fsp3) is 0. The second-order valence-electron chi connectivity index (χ2n) is 6.49. The van der Waals surface area contributed by atoms with Gasteiger partial charge in [-0.3, -0.25) is 9.36 Å². The molecule has 4 aromatic rings. The van der Waals surface area contributed by atoms with Crippen LogP contribution < -0.4 is 5.56 Å². The lowest BCUT2D eigenvalue weighted by molar-refractivity contribution is 0.0697. The molecule has 7 heteroatoms. The fourth-order valence-electron chi connectivity index (χ4n) is 3.08. The maximum absolute atomic E-state index is 13.5. The molecule has 1 heterocycles. The van der Waals surface area contributed by atoms with Crippen molar-refractivity contribution >= 4 is 29.0 Å². The van der Waals surface area contributed by atoms with E-state index in [-0.39, 0.29) is 16.9 Å². The van der Waals surface area contributed by atoms with Crippen molar-refractivity contribution in [2.45, 2.75) is 0 Å². The summed E-state index contributed by atoms with van der Waals surface area (Å²) in [6, 6.07) is 16.1. The summed E-state index contributed by atoms with van der Waals surface area (Å²) in [4.78, 5) is 29.0. The first-order valence-electron chi connectivity index (χ1n) is 8.93. The number of aromatic carboxylic acids is 1. The van der Waals surface area contributed by atoms with E-state index in [2.05, 4.69) is 4.98 Å². The van der Waals surface area contributed by atoms with Gasteiger partial charge < -0.3 is 5.11 Å². The van der Waals surface area contributed by atoms with Crippen LogP contribution in [-0.4, -0.2) is 20.6 Å². The Balaban J connectivity index is 1.93. The number of fused-ring (bicyclic) bond motifs is 1. The standard InChI is InChI=1S/C23H14F2N2O3/c24-18-10-8-14(12-19(18)25)9-11-21-26-20-7-2-1-6-17(20)22(28)27(21)16-5-3-4-15(13-16)23(29)30/h1-13H,(H,29,30). The summed E-state index contributed by atoms with van der Waals surface area (Å²) in [5.74, 6) is -2.86. The molecule has 148 valence electrons. The monoisotopic (exact) mass is 404 g/mol. The van der Waals surface area contributed by atoms with E-state index in [1.807, 2.05) is 0 Å². The molecule has 0 spiro atoms. The average molecular weight is 404 g/mol. The van der Waals surface area contributed by atoms with Gasteiger partial charge in [0.1, 0.15) is 5.82 Å². The first-order valence-corrected chi connectivity index (χ1v) is 8.93. The number of para-hydroxylation sites is 1. The van der Waals surface area contributed by atoms with Crippen molar-refractivity contribution in [2.75, 3.05) is 0 Å². The molecule has 0 saturated carbocycles. The lowest BCUT2D eigenvalue weighted by Crippen LogP contribution is -2.22. The molecular weight excluding hydrogens is 390 g/mol. The number of halogens is 2. The van der Waals surface area contributed by atoms with Gasteiger partial charge in [0.25, 0.3) is 5.56 Å². The lowest BCUT2D eigenvalue weighted by Gasteiger charge is -2.12. The number of carbonyl (C=O) groups is 1. The Bertz CT molecular complexity index is 1380. The van der Waals surface area contributed by atoms with E-state index in [0.29, 0.717) is 22.2 Å². The van der Waals surface area contributed by atoms with Gasteiger partial charge in [-0.1, -0.05) is 30.3 Å². The second-order valence-corrected chi connectivity index (χ2v) is 6.49. The predicted molar refractivity (Wildman–Crippen MR) is 110 cm³/mol. The number of hydrogen-bond acceptors (Lipinski definition) is 3. The molecule has 0 fully saturated rings. The smallest absolute Gasteiger partial charge is 0.335 e. The van der Waals surface area contributed by atoms with Crippen LogP contribution in [0.4, 0.5) is 8.78 Å². The first-order chi connectivity index (χ1) is 14.4. The number of benzene rings is 3. The number of rotatable bonds is 4. The molecule has 0 unspecified atom stereocenters. The topological polar surface area (TPSA) is 72.2 Å². The summed E-state index contributed by atoms with van der Waals surface area (Å²) in [5.41, 5.74) is 0.791. The zero-order valence-corrected chi connectivity index (χ0v) is 15.4. The van der Waals surface area contributed by atoms with Crippen LogP contribution in [0.3, 0.4) is 0 Å². The van der Waals surface area contributed by atoms with Crippen LogP contribution in [0.15, 0.2) is 71.5 Å². The quantitative estimate of drug-likeness (QED) is 0.542. The summed E-state index contributed by atoms with van der Waals surface area (Å²) in [5, 5.41) is 9.65. The maximum Gasteiger partial charge on any atom is 0.335 e. The molecule has 3 aromatic carbocycles. The van der Waals surface area contributed by atoms with Crippen LogP contribution in [0.25, 0.3) is 28.7 Å². The van der Waals surface area contributed by atoms with E-state index in [1.165, 1.54) is 41.0 Å². The van der Waals surface area contributed by atoms with E-state index in [0.717, 1.165) is 12.1 Å². The molecule has 0 radical (unpaired) electrons. The van der Waals surface area contributed by atoms with Gasteiger partial charge in [-0.05, 0) is 54.1 Å². The van der Waals surface area contributed by atoms with Crippen LogP contribution >= 0.6 is 0 Å². The van der Waals surface area contributed by atoms with Gasteiger partial charge in [-0.15, -0.1) is 0 Å². The Labute approximate surface area is 169 Å². The molecular formula is C23H14F2N2O3. The highest BCUT2D eigenvalue weighted by atomic mass is 19.2. The van der Waals surface area contributed by atoms with Crippen LogP contribution in [-0.2, 0) is 0 Å². The minimum atomic E-state index is -1.13. The molecule has 5 nitrogen and oxygen atoms in total. The highest BCUT2D eigenvalue weighted by Crippen LogP contribution is 2.17. The van der Waals surface area contributed by atoms with E-state index in [1.54, 1.807) is 30.3 Å². The largest absolute Gasteiger partial charge is 0.478 e. The number of carboxylic acid groups (broad SMARTS) is 1.